The second-order valence-corrected chi connectivity index (χ2v) is 7.80. The molecular weight excluding hydrogens is 364 g/mol. The zero-order chi connectivity index (χ0) is 21.6. The molecule has 0 saturated carbocycles. The first-order chi connectivity index (χ1) is 13.7. The molecule has 0 bridgehead atoms. The number of hydrogen-bond donors (Lipinski definition) is 1. The predicted molar refractivity (Wildman–Crippen MR) is 117 cm³/mol. The van der Waals surface area contributed by atoms with Gasteiger partial charge >= 0.3 is 11.8 Å². The third-order valence-corrected chi connectivity index (χ3v) is 4.89. The lowest BCUT2D eigenvalue weighted by Gasteiger charge is -2.30. The van der Waals surface area contributed by atoms with E-state index in [-0.39, 0.29) is 12.1 Å². The Morgan fingerprint density at radius 1 is 0.966 bits per heavy atom. The van der Waals surface area contributed by atoms with Crippen LogP contribution in [-0.4, -0.2) is 42.5 Å². The fraction of sp³-hybridized carbons (Fsp3) is 0.417. The van der Waals surface area contributed by atoms with Crippen LogP contribution in [0.1, 0.15) is 38.8 Å². The number of carbonyl (C=O) groups is 2. The van der Waals surface area contributed by atoms with Crippen molar-refractivity contribution in [2.24, 2.45) is 0 Å². The highest BCUT2D eigenvalue weighted by Gasteiger charge is 2.26. The number of carbonyl (C=O) groups excluding carboxylic acids is 2. The zero-order valence-corrected chi connectivity index (χ0v) is 18.3. The highest BCUT2D eigenvalue weighted by Crippen LogP contribution is 2.27. The predicted octanol–water partition coefficient (Wildman–Crippen LogP) is 3.97. The van der Waals surface area contributed by atoms with Gasteiger partial charge in [-0.15, -0.1) is 0 Å². The molecule has 0 unspecified atom stereocenters. The molecule has 2 aromatic rings. The smallest absolute Gasteiger partial charge is 0.312 e. The Morgan fingerprint density at radius 2 is 1.55 bits per heavy atom. The molecule has 0 radical (unpaired) electrons. The summed E-state index contributed by atoms with van der Waals surface area (Å²) in [7, 11) is 1.63. The van der Waals surface area contributed by atoms with Crippen molar-refractivity contribution in [3.63, 3.8) is 0 Å². The van der Waals surface area contributed by atoms with Gasteiger partial charge in [0.15, 0.2) is 0 Å². The Morgan fingerprint density at radius 3 is 2.10 bits per heavy atom. The molecule has 5 heteroatoms. The number of nitrogens with one attached hydrogen (secondary N) is 1. The van der Waals surface area contributed by atoms with Crippen LogP contribution in [0.25, 0.3) is 11.1 Å². The molecule has 2 aromatic carbocycles. The summed E-state index contributed by atoms with van der Waals surface area (Å²) in [5, 5.41) is 2.75. The van der Waals surface area contributed by atoms with E-state index in [1.54, 1.807) is 12.0 Å². The molecule has 0 fully saturated rings. The van der Waals surface area contributed by atoms with Gasteiger partial charge in [-0.05, 0) is 69.9 Å². The second-order valence-electron chi connectivity index (χ2n) is 7.80. The topological polar surface area (TPSA) is 58.6 Å². The number of hydrogen-bond acceptors (Lipinski definition) is 3. The van der Waals surface area contributed by atoms with Crippen LogP contribution in [0.15, 0.2) is 42.5 Å². The van der Waals surface area contributed by atoms with E-state index in [0.29, 0.717) is 13.0 Å². The van der Waals surface area contributed by atoms with Crippen LogP contribution in [0.5, 0.6) is 5.75 Å². The lowest BCUT2D eigenvalue weighted by Crippen LogP contribution is -2.49. The summed E-state index contributed by atoms with van der Waals surface area (Å²) in [5.41, 5.74) is 4.42. The van der Waals surface area contributed by atoms with Crippen molar-refractivity contribution < 1.29 is 14.3 Å². The highest BCUT2D eigenvalue weighted by molar-refractivity contribution is 6.35. The van der Waals surface area contributed by atoms with E-state index in [1.165, 1.54) is 5.56 Å². The van der Waals surface area contributed by atoms with Gasteiger partial charge in [-0.3, -0.25) is 9.59 Å². The third-order valence-electron chi connectivity index (χ3n) is 4.89. The minimum absolute atomic E-state index is 0.0282. The molecular formula is C24H32N2O3. The summed E-state index contributed by atoms with van der Waals surface area (Å²) >= 11 is 0. The number of methoxy groups -OCH3 is 1. The molecule has 0 aliphatic carbocycles. The molecule has 5 nitrogen and oxygen atoms in total. The van der Waals surface area contributed by atoms with Crippen LogP contribution >= 0.6 is 0 Å². The van der Waals surface area contributed by atoms with Gasteiger partial charge in [-0.2, -0.15) is 0 Å². The van der Waals surface area contributed by atoms with Crippen molar-refractivity contribution in [2.45, 2.75) is 53.1 Å². The Labute approximate surface area is 174 Å². The molecule has 0 spiro atoms. The molecule has 0 aromatic heterocycles. The largest absolute Gasteiger partial charge is 0.496 e. The van der Waals surface area contributed by atoms with Crippen LogP contribution in [0.3, 0.4) is 0 Å². The van der Waals surface area contributed by atoms with Crippen molar-refractivity contribution >= 4 is 11.8 Å². The minimum atomic E-state index is -0.568. The van der Waals surface area contributed by atoms with Gasteiger partial charge in [0, 0.05) is 18.6 Å². The molecule has 29 heavy (non-hydrogen) atoms. The maximum Gasteiger partial charge on any atom is 0.312 e. The third kappa shape index (κ3) is 5.83. The average molecular weight is 397 g/mol. The van der Waals surface area contributed by atoms with Gasteiger partial charge in [-0.1, -0.05) is 35.9 Å². The van der Waals surface area contributed by atoms with E-state index in [9.17, 15) is 9.59 Å². The number of benzene rings is 2. The van der Waals surface area contributed by atoms with Crippen LogP contribution in [0.2, 0.25) is 0 Å². The molecule has 2 amide bonds. The molecule has 0 aliphatic rings. The first-order valence-electron chi connectivity index (χ1n) is 10.1. The number of amides is 2. The molecule has 0 saturated heterocycles. The molecule has 0 aliphatic heterocycles. The average Bonchev–Trinajstić information content (AvgIpc) is 2.67. The number of ether oxygens (including phenoxy) is 1. The molecule has 0 atom stereocenters. The van der Waals surface area contributed by atoms with E-state index < -0.39 is 11.8 Å². The minimum Gasteiger partial charge on any atom is -0.496 e. The van der Waals surface area contributed by atoms with Gasteiger partial charge in [0.25, 0.3) is 0 Å². The normalized spacial score (nSPS) is 10.9. The fourth-order valence-corrected chi connectivity index (χ4v) is 3.47. The summed E-state index contributed by atoms with van der Waals surface area (Å²) in [4.78, 5) is 26.4. The van der Waals surface area contributed by atoms with Gasteiger partial charge in [-0.25, -0.2) is 0 Å². The Kier molecular flexibility index (Phi) is 7.82. The lowest BCUT2D eigenvalue weighted by molar-refractivity contribution is -0.148. The van der Waals surface area contributed by atoms with Crippen LogP contribution < -0.4 is 10.1 Å². The van der Waals surface area contributed by atoms with Crippen LogP contribution in [0.4, 0.5) is 0 Å². The van der Waals surface area contributed by atoms with Crippen molar-refractivity contribution in [3.05, 3.63) is 53.6 Å². The van der Waals surface area contributed by atoms with E-state index in [2.05, 4.69) is 42.6 Å². The van der Waals surface area contributed by atoms with Gasteiger partial charge in [0.2, 0.25) is 0 Å². The zero-order valence-electron chi connectivity index (χ0n) is 18.3. The summed E-state index contributed by atoms with van der Waals surface area (Å²) in [6.07, 6.45) is 0.575. The first-order valence-corrected chi connectivity index (χ1v) is 10.1. The first kappa shape index (κ1) is 22.5. The summed E-state index contributed by atoms with van der Waals surface area (Å²) < 4.78 is 5.47. The maximum absolute atomic E-state index is 12.4. The fourth-order valence-electron chi connectivity index (χ4n) is 3.47. The van der Waals surface area contributed by atoms with Crippen molar-refractivity contribution in [2.75, 3.05) is 13.7 Å². The SMILES string of the molecule is COc1ccc(-c2ccc(C)cc2)cc1CCNC(=O)C(=O)N(C(C)C)C(C)C. The van der Waals surface area contributed by atoms with E-state index in [0.717, 1.165) is 22.4 Å². The second kappa shape index (κ2) is 10.1. The van der Waals surface area contributed by atoms with Gasteiger partial charge in [0.05, 0.1) is 7.11 Å². The number of rotatable bonds is 7. The Balaban J connectivity index is 2.07. The Bertz CT molecular complexity index is 834. The summed E-state index contributed by atoms with van der Waals surface area (Å²) in [6, 6.07) is 14.3. The monoisotopic (exact) mass is 396 g/mol. The van der Waals surface area contributed by atoms with Gasteiger partial charge in [0.1, 0.15) is 5.75 Å². The lowest BCUT2D eigenvalue weighted by atomic mass is 10.00. The standard InChI is InChI=1S/C24H32N2O3/c1-16(2)26(17(3)4)24(28)23(27)25-14-13-21-15-20(11-12-22(21)29-6)19-9-7-18(5)8-10-19/h7-12,15-17H,13-14H2,1-6H3,(H,25,27). The van der Waals surface area contributed by atoms with E-state index >= 15 is 0 Å². The number of nitrogens with zero attached hydrogens (tertiary/aromatic N) is 1. The molecule has 156 valence electrons. The van der Waals surface area contributed by atoms with Crippen molar-refractivity contribution in [1.29, 1.82) is 0 Å². The van der Waals surface area contributed by atoms with E-state index in [1.807, 2.05) is 39.8 Å². The number of aryl methyl sites for hydroxylation is 1. The summed E-state index contributed by atoms with van der Waals surface area (Å²) in [5.74, 6) is -0.288. The van der Waals surface area contributed by atoms with Crippen molar-refractivity contribution in [3.8, 4) is 16.9 Å². The molecule has 1 N–H and O–H groups in total. The highest BCUT2D eigenvalue weighted by atomic mass is 16.5. The maximum atomic E-state index is 12.4. The Hall–Kier alpha value is -2.82. The quantitative estimate of drug-likeness (QED) is 0.721. The molecule has 0 heterocycles. The van der Waals surface area contributed by atoms with E-state index in [4.69, 9.17) is 4.74 Å². The van der Waals surface area contributed by atoms with Crippen LogP contribution in [0, 0.1) is 6.92 Å². The molecule has 2 rings (SSSR count). The summed E-state index contributed by atoms with van der Waals surface area (Å²) in [6.45, 7) is 10.1. The van der Waals surface area contributed by atoms with Crippen LogP contribution in [-0.2, 0) is 16.0 Å². The van der Waals surface area contributed by atoms with Gasteiger partial charge < -0.3 is 15.0 Å². The van der Waals surface area contributed by atoms with Crippen molar-refractivity contribution in [1.82, 2.24) is 10.2 Å².